The van der Waals surface area contributed by atoms with Gasteiger partial charge in [-0.2, -0.15) is 26.3 Å². The Hall–Kier alpha value is -3.68. The Labute approximate surface area is 226 Å². The standard InChI is InChI=1S/C21H25F6N3O11/c1-8(31)28-15-17(39-11(4)34)16(38-10(3)33)12(7-37-9(2)32)40-18(15)29-13(35)5-30-6-14(36)41-19(30,20(22,23)24)21(25,26)27/h12,15-18H,5-7H2,1-4H3,(H,28,31)(H,29,35)/t12-,15-,16-,17-,18-/m1/s1. The number of rotatable bonds is 8. The average molecular weight is 609 g/mol. The van der Waals surface area contributed by atoms with Gasteiger partial charge in [-0.15, -0.1) is 0 Å². The summed E-state index contributed by atoms with van der Waals surface area (Å²) in [6.07, 6.45) is -19.1. The van der Waals surface area contributed by atoms with Crippen LogP contribution in [0, 0.1) is 0 Å². The fourth-order valence-electron chi connectivity index (χ4n) is 4.16. The van der Waals surface area contributed by atoms with Crippen molar-refractivity contribution in [2.45, 2.75) is 76.4 Å². The first-order valence-electron chi connectivity index (χ1n) is 11.5. The van der Waals surface area contributed by atoms with Crippen molar-refractivity contribution in [1.82, 2.24) is 15.5 Å². The summed E-state index contributed by atoms with van der Waals surface area (Å²) in [7, 11) is 0. The predicted molar refractivity (Wildman–Crippen MR) is 115 cm³/mol. The van der Waals surface area contributed by atoms with Gasteiger partial charge < -0.3 is 34.3 Å². The summed E-state index contributed by atoms with van der Waals surface area (Å²) in [5.41, 5.74) is -5.14. The zero-order chi connectivity index (χ0) is 31.5. The van der Waals surface area contributed by atoms with Gasteiger partial charge in [0.1, 0.15) is 25.3 Å². The number of nitrogens with zero attached hydrogens (tertiary/aromatic N) is 1. The molecule has 0 aliphatic carbocycles. The van der Waals surface area contributed by atoms with Crippen molar-refractivity contribution in [2.24, 2.45) is 0 Å². The van der Waals surface area contributed by atoms with Crippen LogP contribution in [0.5, 0.6) is 0 Å². The van der Waals surface area contributed by atoms with Crippen LogP contribution in [0.25, 0.3) is 0 Å². The molecule has 2 aliphatic heterocycles. The van der Waals surface area contributed by atoms with E-state index < -0.39 is 109 Å². The van der Waals surface area contributed by atoms with Crippen LogP contribution in [0.15, 0.2) is 0 Å². The van der Waals surface area contributed by atoms with Crippen LogP contribution in [0.3, 0.4) is 0 Å². The van der Waals surface area contributed by atoms with Crippen molar-refractivity contribution in [3.05, 3.63) is 0 Å². The Kier molecular flexibility index (Phi) is 10.2. The Bertz CT molecular complexity index is 1050. The normalized spacial score (nSPS) is 26.4. The lowest BCUT2D eigenvalue weighted by molar-refractivity contribution is -0.398. The summed E-state index contributed by atoms with van der Waals surface area (Å²) in [5.74, 6) is -7.19. The molecule has 2 amide bonds. The molecule has 0 aromatic heterocycles. The highest BCUT2D eigenvalue weighted by molar-refractivity contribution is 5.81. The maximum absolute atomic E-state index is 13.6. The number of hydrogen-bond donors (Lipinski definition) is 2. The van der Waals surface area contributed by atoms with Crippen LogP contribution in [0.2, 0.25) is 0 Å². The zero-order valence-electron chi connectivity index (χ0n) is 21.7. The molecule has 2 aliphatic rings. The topological polar surface area (TPSA) is 176 Å². The van der Waals surface area contributed by atoms with Crippen LogP contribution in [-0.2, 0) is 52.5 Å². The Morgan fingerprint density at radius 2 is 1.44 bits per heavy atom. The molecule has 232 valence electrons. The molecule has 2 saturated heterocycles. The minimum absolute atomic E-state index is 0.595. The third-order valence-corrected chi connectivity index (χ3v) is 5.55. The lowest BCUT2D eigenvalue weighted by atomic mass is 9.95. The third-order valence-electron chi connectivity index (χ3n) is 5.55. The highest BCUT2D eigenvalue weighted by Crippen LogP contribution is 2.50. The van der Waals surface area contributed by atoms with Gasteiger partial charge in [-0.25, -0.2) is 4.90 Å². The molecule has 0 saturated carbocycles. The summed E-state index contributed by atoms with van der Waals surface area (Å²) in [4.78, 5) is 70.6. The molecule has 5 atom stereocenters. The molecule has 0 aromatic rings. The Morgan fingerprint density at radius 3 is 1.90 bits per heavy atom. The van der Waals surface area contributed by atoms with Crippen molar-refractivity contribution < 1.29 is 78.8 Å². The second-order valence-electron chi connectivity index (χ2n) is 8.81. The molecule has 0 bridgehead atoms. The summed E-state index contributed by atoms with van der Waals surface area (Å²) >= 11 is 0. The molecule has 41 heavy (non-hydrogen) atoms. The summed E-state index contributed by atoms with van der Waals surface area (Å²) in [5, 5.41) is 4.20. The van der Waals surface area contributed by atoms with E-state index in [1.807, 2.05) is 5.32 Å². The SMILES string of the molecule is CC(=O)N[C@@H]1[C@@H](OC(C)=O)[C@H](OC(C)=O)[C@@H](COC(C)=O)O[C@H]1NC(=O)CN1CC(=O)OC1(C(F)(F)F)C(F)(F)F. The van der Waals surface area contributed by atoms with Crippen molar-refractivity contribution in [1.29, 1.82) is 0 Å². The number of carbonyl (C=O) groups is 6. The predicted octanol–water partition coefficient (Wildman–Crippen LogP) is -0.562. The minimum Gasteiger partial charge on any atom is -0.463 e. The number of alkyl halides is 6. The number of carbonyl (C=O) groups excluding carboxylic acids is 6. The largest absolute Gasteiger partial charge is 0.463 e. The molecule has 20 heteroatoms. The molecule has 0 radical (unpaired) electrons. The number of cyclic esters (lactones) is 1. The van der Waals surface area contributed by atoms with Crippen molar-refractivity contribution >= 4 is 35.7 Å². The quantitative estimate of drug-likeness (QED) is 0.204. The molecule has 2 N–H and O–H groups in total. The van der Waals surface area contributed by atoms with Gasteiger partial charge in [-0.05, 0) is 0 Å². The van der Waals surface area contributed by atoms with Crippen LogP contribution < -0.4 is 10.6 Å². The number of ether oxygens (including phenoxy) is 5. The molecule has 0 unspecified atom stereocenters. The smallest absolute Gasteiger partial charge is 0.453 e. The van der Waals surface area contributed by atoms with Gasteiger partial charge in [0, 0.05) is 27.7 Å². The lowest BCUT2D eigenvalue weighted by Gasteiger charge is -2.45. The summed E-state index contributed by atoms with van der Waals surface area (Å²) < 4.78 is 106. The van der Waals surface area contributed by atoms with E-state index in [-0.39, 0.29) is 0 Å². The Morgan fingerprint density at radius 1 is 0.902 bits per heavy atom. The van der Waals surface area contributed by atoms with Crippen LogP contribution in [-0.4, -0.2) is 109 Å². The molecular formula is C21H25F6N3O11. The molecular weight excluding hydrogens is 584 g/mol. The number of halogens is 6. The summed E-state index contributed by atoms with van der Waals surface area (Å²) in [6, 6.07) is -1.65. The highest BCUT2D eigenvalue weighted by atomic mass is 19.4. The fraction of sp³-hybridized carbons (Fsp3) is 0.714. The first-order chi connectivity index (χ1) is 18.7. The van der Waals surface area contributed by atoms with E-state index in [0.717, 1.165) is 27.7 Å². The first-order valence-corrected chi connectivity index (χ1v) is 11.5. The second kappa shape index (κ2) is 12.5. The zero-order valence-corrected chi connectivity index (χ0v) is 21.7. The van der Waals surface area contributed by atoms with Gasteiger partial charge in [0.2, 0.25) is 11.8 Å². The number of esters is 4. The van der Waals surface area contributed by atoms with Gasteiger partial charge in [0.25, 0.3) is 0 Å². The average Bonchev–Trinajstić information content (AvgIpc) is 3.12. The fourth-order valence-corrected chi connectivity index (χ4v) is 4.16. The minimum atomic E-state index is -6.22. The van der Waals surface area contributed by atoms with Gasteiger partial charge in [-0.1, -0.05) is 0 Å². The van der Waals surface area contributed by atoms with Gasteiger partial charge in [0.05, 0.1) is 6.54 Å². The maximum atomic E-state index is 13.6. The molecule has 0 spiro atoms. The van der Waals surface area contributed by atoms with E-state index in [2.05, 4.69) is 10.1 Å². The molecule has 14 nitrogen and oxygen atoms in total. The van der Waals surface area contributed by atoms with E-state index in [0.29, 0.717) is 0 Å². The van der Waals surface area contributed by atoms with Crippen LogP contribution in [0.4, 0.5) is 26.3 Å². The van der Waals surface area contributed by atoms with Crippen molar-refractivity contribution in [3.8, 4) is 0 Å². The number of nitrogens with one attached hydrogen (secondary N) is 2. The van der Waals surface area contributed by atoms with E-state index in [4.69, 9.17) is 18.9 Å². The molecule has 2 fully saturated rings. The van der Waals surface area contributed by atoms with E-state index in [1.165, 1.54) is 0 Å². The first kappa shape index (κ1) is 33.5. The number of amides is 2. The lowest BCUT2D eigenvalue weighted by Crippen LogP contribution is -2.70. The van der Waals surface area contributed by atoms with E-state index in [1.54, 1.807) is 0 Å². The van der Waals surface area contributed by atoms with Crippen molar-refractivity contribution in [3.63, 3.8) is 0 Å². The highest BCUT2D eigenvalue weighted by Gasteiger charge is 2.80. The van der Waals surface area contributed by atoms with Gasteiger partial charge >= 0.3 is 42.0 Å². The molecule has 0 aromatic carbocycles. The van der Waals surface area contributed by atoms with E-state index >= 15 is 0 Å². The Balaban J connectivity index is 2.46. The monoisotopic (exact) mass is 609 g/mol. The van der Waals surface area contributed by atoms with Crippen LogP contribution in [0.1, 0.15) is 27.7 Å². The van der Waals surface area contributed by atoms with Crippen LogP contribution >= 0.6 is 0 Å². The van der Waals surface area contributed by atoms with Gasteiger partial charge in [0.15, 0.2) is 18.4 Å². The van der Waals surface area contributed by atoms with Gasteiger partial charge in [-0.3, -0.25) is 28.8 Å². The molecule has 2 heterocycles. The van der Waals surface area contributed by atoms with E-state index in [9.17, 15) is 55.1 Å². The third kappa shape index (κ3) is 7.75. The number of hydrogen-bond acceptors (Lipinski definition) is 12. The molecule has 2 rings (SSSR count). The van der Waals surface area contributed by atoms with Crippen molar-refractivity contribution in [2.75, 3.05) is 19.7 Å². The second-order valence-corrected chi connectivity index (χ2v) is 8.81. The maximum Gasteiger partial charge on any atom is 0.453 e. The summed E-state index contributed by atoms with van der Waals surface area (Å²) in [6.45, 7) is -0.197.